The molecule has 0 aliphatic carbocycles. The summed E-state index contributed by atoms with van der Waals surface area (Å²) < 4.78 is 24.6. The number of halogens is 1. The molecule has 2 N–H and O–H groups in total. The normalized spacial score (nSPS) is 15.3. The van der Waals surface area contributed by atoms with Crippen molar-refractivity contribution in [1.29, 1.82) is 0 Å². The van der Waals surface area contributed by atoms with Crippen molar-refractivity contribution < 1.29 is 23.6 Å². The number of morpholine rings is 1. The monoisotopic (exact) mass is 421 g/mol. The number of hydrogen-bond acceptors (Lipinski definition) is 3. The molecular weight excluding hydrogens is 395 g/mol. The van der Waals surface area contributed by atoms with E-state index >= 15 is 0 Å². The average molecular weight is 421 g/mol. The number of ether oxygens (including phenoxy) is 2. The van der Waals surface area contributed by atoms with Gasteiger partial charge in [-0.05, 0) is 48.5 Å². The predicted molar refractivity (Wildman–Crippen MR) is 116 cm³/mol. The van der Waals surface area contributed by atoms with Crippen LogP contribution < -0.4 is 15.0 Å². The lowest BCUT2D eigenvalue weighted by molar-refractivity contribution is -0.937. The van der Waals surface area contributed by atoms with Gasteiger partial charge in [0.15, 0.2) is 0 Å². The molecule has 1 atom stereocenters. The lowest BCUT2D eigenvalue weighted by Gasteiger charge is -2.32. The van der Waals surface area contributed by atoms with Gasteiger partial charge in [-0.2, -0.15) is 0 Å². The third kappa shape index (κ3) is 5.69. The lowest BCUT2D eigenvalue weighted by atomic mass is 10.0. The van der Waals surface area contributed by atoms with Crippen molar-refractivity contribution in [2.75, 3.05) is 32.8 Å². The molecular formula is C25H26FN2O3+. The zero-order valence-electron chi connectivity index (χ0n) is 17.2. The van der Waals surface area contributed by atoms with E-state index in [0.29, 0.717) is 31.1 Å². The van der Waals surface area contributed by atoms with Gasteiger partial charge in [-0.15, -0.1) is 0 Å². The fraction of sp³-hybridized carbons (Fsp3) is 0.240. The second kappa shape index (κ2) is 10.2. The summed E-state index contributed by atoms with van der Waals surface area (Å²) >= 11 is 0. The van der Waals surface area contributed by atoms with Crippen LogP contribution in [-0.2, 0) is 4.74 Å². The molecule has 1 saturated heterocycles. The maximum atomic E-state index is 13.4. The van der Waals surface area contributed by atoms with Gasteiger partial charge >= 0.3 is 0 Å². The van der Waals surface area contributed by atoms with E-state index < -0.39 is 0 Å². The molecule has 1 heterocycles. The molecule has 3 aromatic carbocycles. The Hall–Kier alpha value is -3.22. The molecule has 0 bridgehead atoms. The third-order valence-electron chi connectivity index (χ3n) is 5.46. The fourth-order valence-electron chi connectivity index (χ4n) is 3.77. The maximum absolute atomic E-state index is 13.4. The van der Waals surface area contributed by atoms with Crippen molar-refractivity contribution in [3.05, 3.63) is 95.8 Å². The average Bonchev–Trinajstić information content (AvgIpc) is 2.82. The van der Waals surface area contributed by atoms with Crippen LogP contribution in [0.1, 0.15) is 22.0 Å². The fourth-order valence-corrected chi connectivity index (χ4v) is 3.77. The SMILES string of the molecule is O=C(NC[C@@H](c1ccc(F)cc1)[NH+]1CCOCC1)c1ccc(Oc2ccccc2)cc1. The molecule has 0 spiro atoms. The number of rotatable bonds is 7. The summed E-state index contributed by atoms with van der Waals surface area (Å²) in [5, 5.41) is 3.04. The summed E-state index contributed by atoms with van der Waals surface area (Å²) in [6.45, 7) is 3.53. The summed E-state index contributed by atoms with van der Waals surface area (Å²) in [5.41, 5.74) is 1.57. The molecule has 1 amide bonds. The van der Waals surface area contributed by atoms with Crippen LogP contribution in [0.4, 0.5) is 4.39 Å². The van der Waals surface area contributed by atoms with Gasteiger partial charge in [-0.1, -0.05) is 30.3 Å². The Morgan fingerprint density at radius 1 is 0.935 bits per heavy atom. The smallest absolute Gasteiger partial charge is 0.251 e. The van der Waals surface area contributed by atoms with Crippen molar-refractivity contribution in [1.82, 2.24) is 5.32 Å². The van der Waals surface area contributed by atoms with Crippen molar-refractivity contribution >= 4 is 5.91 Å². The Bertz CT molecular complexity index is 972. The molecule has 31 heavy (non-hydrogen) atoms. The van der Waals surface area contributed by atoms with Crippen LogP contribution in [0.5, 0.6) is 11.5 Å². The molecule has 160 valence electrons. The van der Waals surface area contributed by atoms with Crippen LogP contribution in [0.3, 0.4) is 0 Å². The van der Waals surface area contributed by atoms with Crippen LogP contribution in [0, 0.1) is 5.82 Å². The van der Waals surface area contributed by atoms with Gasteiger partial charge in [-0.25, -0.2) is 4.39 Å². The molecule has 0 radical (unpaired) electrons. The maximum Gasteiger partial charge on any atom is 0.251 e. The standard InChI is InChI=1S/C25H25FN2O3/c26-21-10-6-19(7-11-21)24(28-14-16-30-17-15-28)18-27-25(29)20-8-12-23(13-9-20)31-22-4-2-1-3-5-22/h1-13,24H,14-18H2,(H,27,29)/p+1/t24-/m0/s1. The highest BCUT2D eigenvalue weighted by atomic mass is 19.1. The van der Waals surface area contributed by atoms with E-state index in [4.69, 9.17) is 9.47 Å². The molecule has 5 nitrogen and oxygen atoms in total. The van der Waals surface area contributed by atoms with E-state index in [0.717, 1.165) is 24.4 Å². The Morgan fingerprint density at radius 2 is 1.58 bits per heavy atom. The molecule has 4 rings (SSSR count). The zero-order chi connectivity index (χ0) is 21.5. The highest BCUT2D eigenvalue weighted by Gasteiger charge is 2.27. The van der Waals surface area contributed by atoms with E-state index in [1.807, 2.05) is 30.3 Å². The van der Waals surface area contributed by atoms with Crippen molar-refractivity contribution in [3.8, 4) is 11.5 Å². The number of carbonyl (C=O) groups is 1. The van der Waals surface area contributed by atoms with Gasteiger partial charge in [0.05, 0.1) is 19.8 Å². The Balaban J connectivity index is 1.40. The summed E-state index contributed by atoms with van der Waals surface area (Å²) in [6.07, 6.45) is 0. The summed E-state index contributed by atoms with van der Waals surface area (Å²) in [4.78, 5) is 14.1. The number of para-hydroxylation sites is 1. The summed E-state index contributed by atoms with van der Waals surface area (Å²) in [7, 11) is 0. The number of amides is 1. The first kappa shape index (κ1) is 21.0. The molecule has 0 unspecified atom stereocenters. The molecule has 1 aliphatic heterocycles. The minimum Gasteiger partial charge on any atom is -0.457 e. The molecule has 0 saturated carbocycles. The number of nitrogens with one attached hydrogen (secondary N) is 2. The third-order valence-corrected chi connectivity index (χ3v) is 5.46. The van der Waals surface area contributed by atoms with Crippen molar-refractivity contribution in [2.45, 2.75) is 6.04 Å². The Kier molecular flexibility index (Phi) is 6.92. The van der Waals surface area contributed by atoms with Crippen molar-refractivity contribution in [2.24, 2.45) is 0 Å². The van der Waals surface area contributed by atoms with Crippen LogP contribution in [0.2, 0.25) is 0 Å². The van der Waals surface area contributed by atoms with E-state index in [1.54, 1.807) is 36.4 Å². The number of quaternary nitrogens is 1. The minimum atomic E-state index is -0.263. The molecule has 3 aromatic rings. The zero-order valence-corrected chi connectivity index (χ0v) is 17.2. The number of hydrogen-bond donors (Lipinski definition) is 2. The second-order valence-corrected chi connectivity index (χ2v) is 7.52. The lowest BCUT2D eigenvalue weighted by Crippen LogP contribution is -3.15. The quantitative estimate of drug-likeness (QED) is 0.617. The van der Waals surface area contributed by atoms with Gasteiger partial charge in [0, 0.05) is 11.1 Å². The van der Waals surface area contributed by atoms with E-state index in [9.17, 15) is 9.18 Å². The minimum absolute atomic E-state index is 0.0362. The predicted octanol–water partition coefficient (Wildman–Crippen LogP) is 3.00. The van der Waals surface area contributed by atoms with Crippen LogP contribution in [0.25, 0.3) is 0 Å². The first-order chi connectivity index (χ1) is 15.2. The molecule has 6 heteroatoms. The summed E-state index contributed by atoms with van der Waals surface area (Å²) in [6, 6.07) is 23.1. The van der Waals surface area contributed by atoms with E-state index in [-0.39, 0.29) is 17.8 Å². The van der Waals surface area contributed by atoms with Gasteiger partial charge < -0.3 is 19.7 Å². The molecule has 0 aromatic heterocycles. The number of benzene rings is 3. The highest BCUT2D eigenvalue weighted by molar-refractivity contribution is 5.94. The van der Waals surface area contributed by atoms with Crippen LogP contribution in [0.15, 0.2) is 78.9 Å². The first-order valence-corrected chi connectivity index (χ1v) is 10.5. The summed E-state index contributed by atoms with van der Waals surface area (Å²) in [5.74, 6) is 1.01. The highest BCUT2D eigenvalue weighted by Crippen LogP contribution is 2.21. The van der Waals surface area contributed by atoms with Gasteiger partial charge in [0.2, 0.25) is 0 Å². The van der Waals surface area contributed by atoms with Crippen LogP contribution in [-0.4, -0.2) is 38.8 Å². The van der Waals surface area contributed by atoms with E-state index in [2.05, 4.69) is 5.32 Å². The van der Waals surface area contributed by atoms with Gasteiger partial charge in [0.25, 0.3) is 5.91 Å². The van der Waals surface area contributed by atoms with Gasteiger partial charge in [0.1, 0.15) is 36.4 Å². The Morgan fingerprint density at radius 3 is 2.26 bits per heavy atom. The largest absolute Gasteiger partial charge is 0.457 e. The van der Waals surface area contributed by atoms with Gasteiger partial charge in [-0.3, -0.25) is 4.79 Å². The van der Waals surface area contributed by atoms with Crippen molar-refractivity contribution in [3.63, 3.8) is 0 Å². The second-order valence-electron chi connectivity index (χ2n) is 7.52. The Labute approximate surface area is 181 Å². The van der Waals surface area contributed by atoms with E-state index in [1.165, 1.54) is 17.0 Å². The molecule has 1 fully saturated rings. The molecule has 1 aliphatic rings. The van der Waals surface area contributed by atoms with Crippen LogP contribution >= 0.6 is 0 Å². The topological polar surface area (TPSA) is 52.0 Å². The number of carbonyl (C=O) groups excluding carboxylic acids is 1. The first-order valence-electron chi connectivity index (χ1n) is 10.5.